The maximum Gasteiger partial charge on any atom is 0.329 e. The Hall–Kier alpha value is -0.880. The molecule has 1 atom stereocenters. The molecule has 0 spiro atoms. The van der Waals surface area contributed by atoms with Crippen molar-refractivity contribution in [2.75, 3.05) is 5.75 Å². The number of nitrogens with zero attached hydrogens (tertiary/aromatic N) is 1. The van der Waals surface area contributed by atoms with Crippen molar-refractivity contribution in [1.82, 2.24) is 0 Å². The molecule has 6 heteroatoms. The monoisotopic (exact) mass is 303 g/mol. The highest BCUT2D eigenvalue weighted by molar-refractivity contribution is 9.10. The first-order valence-electron chi connectivity index (χ1n) is 4.47. The molecule has 1 N–H and O–H groups in total. The molecular formula is C10H7BrFNO2S. The molecule has 0 radical (unpaired) electrons. The molecule has 1 heterocycles. The lowest BCUT2D eigenvalue weighted by atomic mass is 10.2. The third kappa shape index (κ3) is 2.27. The van der Waals surface area contributed by atoms with Gasteiger partial charge >= 0.3 is 5.97 Å². The third-order valence-corrected chi connectivity index (χ3v) is 3.83. The van der Waals surface area contributed by atoms with E-state index in [1.807, 2.05) is 0 Å². The summed E-state index contributed by atoms with van der Waals surface area (Å²) in [5, 5.41) is 9.44. The minimum atomic E-state index is -0.930. The molecule has 1 aromatic carbocycles. The number of benzene rings is 1. The molecule has 0 bridgehead atoms. The average Bonchev–Trinajstić information content (AvgIpc) is 2.66. The van der Waals surface area contributed by atoms with Crippen LogP contribution in [0.5, 0.6) is 0 Å². The van der Waals surface area contributed by atoms with Crippen LogP contribution in [0.25, 0.3) is 0 Å². The first-order chi connectivity index (χ1) is 7.58. The summed E-state index contributed by atoms with van der Waals surface area (Å²) in [5.74, 6) is -0.844. The van der Waals surface area contributed by atoms with E-state index in [1.54, 1.807) is 6.07 Å². The molecule has 84 valence electrons. The average molecular weight is 304 g/mol. The van der Waals surface area contributed by atoms with Gasteiger partial charge in [-0.05, 0) is 34.1 Å². The van der Waals surface area contributed by atoms with Gasteiger partial charge in [-0.15, -0.1) is 11.8 Å². The number of rotatable bonds is 2. The predicted octanol–water partition coefficient (Wildman–Crippen LogP) is 2.53. The molecule has 2 rings (SSSR count). The minimum Gasteiger partial charge on any atom is -0.480 e. The zero-order chi connectivity index (χ0) is 11.7. The quantitative estimate of drug-likeness (QED) is 0.913. The highest BCUT2D eigenvalue weighted by atomic mass is 79.9. The van der Waals surface area contributed by atoms with Crippen molar-refractivity contribution in [2.45, 2.75) is 6.04 Å². The smallest absolute Gasteiger partial charge is 0.329 e. The summed E-state index contributed by atoms with van der Waals surface area (Å²) < 4.78 is 13.5. The number of hydrogen-bond acceptors (Lipinski definition) is 3. The molecule has 1 aromatic rings. The Morgan fingerprint density at radius 2 is 2.38 bits per heavy atom. The number of hydrogen-bond donors (Lipinski definition) is 1. The zero-order valence-corrected chi connectivity index (χ0v) is 10.4. The topological polar surface area (TPSA) is 49.7 Å². The number of thioether (sulfide) groups is 1. The van der Waals surface area contributed by atoms with Crippen molar-refractivity contribution in [3.05, 3.63) is 34.1 Å². The van der Waals surface area contributed by atoms with Gasteiger partial charge in [-0.2, -0.15) is 0 Å². The molecule has 0 saturated carbocycles. The Balaban J connectivity index is 2.32. The Morgan fingerprint density at radius 1 is 1.62 bits per heavy atom. The lowest BCUT2D eigenvalue weighted by molar-refractivity contribution is -0.137. The number of carbonyl (C=O) groups is 1. The second kappa shape index (κ2) is 4.55. The summed E-state index contributed by atoms with van der Waals surface area (Å²) in [6.45, 7) is 0. The highest BCUT2D eigenvalue weighted by Crippen LogP contribution is 2.28. The van der Waals surface area contributed by atoms with Crippen LogP contribution in [0.1, 0.15) is 5.56 Å². The standard InChI is InChI=1S/C10H7BrFNO2S/c11-7-3-5(12)1-2-6(7)9-13-8(4-16-9)10(14)15/h1-3,8H,4H2,(H,14,15). The van der Waals surface area contributed by atoms with Gasteiger partial charge < -0.3 is 5.11 Å². The summed E-state index contributed by atoms with van der Waals surface area (Å²) in [7, 11) is 0. The molecule has 1 aliphatic heterocycles. The van der Waals surface area contributed by atoms with Gasteiger partial charge in [0.25, 0.3) is 0 Å². The lowest BCUT2D eigenvalue weighted by Gasteiger charge is -2.02. The molecule has 1 aliphatic rings. The molecule has 1 unspecified atom stereocenters. The van der Waals surface area contributed by atoms with Gasteiger partial charge in [0, 0.05) is 15.8 Å². The molecule has 0 aliphatic carbocycles. The molecule has 0 fully saturated rings. The maximum absolute atomic E-state index is 12.9. The van der Waals surface area contributed by atoms with Gasteiger partial charge in [0.1, 0.15) is 5.82 Å². The molecule has 16 heavy (non-hydrogen) atoms. The van der Waals surface area contributed by atoms with E-state index < -0.39 is 12.0 Å². The Kier molecular flexibility index (Phi) is 3.30. The van der Waals surface area contributed by atoms with Gasteiger partial charge in [-0.1, -0.05) is 0 Å². The van der Waals surface area contributed by atoms with Gasteiger partial charge in [0.2, 0.25) is 0 Å². The first-order valence-corrected chi connectivity index (χ1v) is 6.24. The van der Waals surface area contributed by atoms with Crippen molar-refractivity contribution >= 4 is 38.7 Å². The van der Waals surface area contributed by atoms with Crippen molar-refractivity contribution in [3.63, 3.8) is 0 Å². The van der Waals surface area contributed by atoms with E-state index in [2.05, 4.69) is 20.9 Å². The fourth-order valence-electron chi connectivity index (χ4n) is 1.31. The number of aliphatic carboxylic acids is 1. The van der Waals surface area contributed by atoms with Crippen LogP contribution in [0.2, 0.25) is 0 Å². The fourth-order valence-corrected chi connectivity index (χ4v) is 3.05. The Morgan fingerprint density at radius 3 is 2.94 bits per heavy atom. The second-order valence-electron chi connectivity index (χ2n) is 3.22. The Labute approximate surface area is 104 Å². The summed E-state index contributed by atoms with van der Waals surface area (Å²) in [6, 6.07) is 3.57. The van der Waals surface area contributed by atoms with E-state index in [0.29, 0.717) is 15.3 Å². The predicted molar refractivity (Wildman–Crippen MR) is 64.5 cm³/mol. The summed E-state index contributed by atoms with van der Waals surface area (Å²) in [5.41, 5.74) is 0.732. The number of aliphatic imine (C=N–C) groups is 1. The fraction of sp³-hybridized carbons (Fsp3) is 0.200. The number of halogens is 2. The molecule has 0 amide bonds. The maximum atomic E-state index is 12.9. The van der Waals surface area contributed by atoms with Crippen LogP contribution in [0, 0.1) is 5.82 Å². The summed E-state index contributed by atoms with van der Waals surface area (Å²) >= 11 is 4.60. The van der Waals surface area contributed by atoms with Crippen LogP contribution < -0.4 is 0 Å². The van der Waals surface area contributed by atoms with Gasteiger partial charge in [0.05, 0.1) is 5.04 Å². The van der Waals surface area contributed by atoms with E-state index in [1.165, 1.54) is 23.9 Å². The van der Waals surface area contributed by atoms with E-state index in [0.717, 1.165) is 5.56 Å². The lowest BCUT2D eigenvalue weighted by Crippen LogP contribution is -2.17. The van der Waals surface area contributed by atoms with E-state index in [4.69, 9.17) is 5.11 Å². The first kappa shape index (κ1) is 11.6. The Bertz CT molecular complexity index is 478. The van der Waals surface area contributed by atoms with Crippen LogP contribution in [0.15, 0.2) is 27.7 Å². The van der Waals surface area contributed by atoms with Crippen LogP contribution in [-0.2, 0) is 4.79 Å². The molecule has 0 saturated heterocycles. The van der Waals surface area contributed by atoms with E-state index in [-0.39, 0.29) is 5.82 Å². The third-order valence-electron chi connectivity index (χ3n) is 2.10. The van der Waals surface area contributed by atoms with Crippen molar-refractivity contribution < 1.29 is 14.3 Å². The van der Waals surface area contributed by atoms with Crippen molar-refractivity contribution in [2.24, 2.45) is 4.99 Å². The SMILES string of the molecule is O=C(O)C1CSC(c2ccc(F)cc2Br)=N1. The molecular weight excluding hydrogens is 297 g/mol. The van der Waals surface area contributed by atoms with E-state index >= 15 is 0 Å². The number of carboxylic acid groups (broad SMARTS) is 1. The van der Waals surface area contributed by atoms with Crippen LogP contribution in [0.3, 0.4) is 0 Å². The minimum absolute atomic E-state index is 0.339. The zero-order valence-electron chi connectivity index (χ0n) is 7.98. The number of carboxylic acids is 1. The second-order valence-corrected chi connectivity index (χ2v) is 5.09. The van der Waals surface area contributed by atoms with Gasteiger partial charge in [-0.25, -0.2) is 9.18 Å². The molecule has 3 nitrogen and oxygen atoms in total. The highest BCUT2D eigenvalue weighted by Gasteiger charge is 2.25. The van der Waals surface area contributed by atoms with Gasteiger partial charge in [-0.3, -0.25) is 4.99 Å². The summed E-state index contributed by atoms with van der Waals surface area (Å²) in [6.07, 6.45) is 0. The van der Waals surface area contributed by atoms with Crippen LogP contribution in [0.4, 0.5) is 4.39 Å². The normalized spacial score (nSPS) is 19.6. The van der Waals surface area contributed by atoms with Crippen LogP contribution >= 0.6 is 27.7 Å². The van der Waals surface area contributed by atoms with Crippen molar-refractivity contribution in [3.8, 4) is 0 Å². The van der Waals surface area contributed by atoms with E-state index in [9.17, 15) is 9.18 Å². The van der Waals surface area contributed by atoms with Crippen LogP contribution in [-0.4, -0.2) is 27.9 Å². The van der Waals surface area contributed by atoms with Crippen molar-refractivity contribution in [1.29, 1.82) is 0 Å². The van der Waals surface area contributed by atoms with Gasteiger partial charge in [0.15, 0.2) is 6.04 Å². The molecule has 0 aromatic heterocycles. The summed E-state index contributed by atoms with van der Waals surface area (Å²) in [4.78, 5) is 14.8. The largest absolute Gasteiger partial charge is 0.480 e.